The van der Waals surface area contributed by atoms with E-state index in [4.69, 9.17) is 9.47 Å². The van der Waals surface area contributed by atoms with Crippen molar-refractivity contribution in [3.05, 3.63) is 0 Å². The molecule has 0 bridgehead atoms. The molecule has 0 spiro atoms. The van der Waals surface area contributed by atoms with Crippen molar-refractivity contribution in [3.63, 3.8) is 0 Å². The first-order chi connectivity index (χ1) is 6.99. The third-order valence-electron chi connectivity index (χ3n) is 3.31. The van der Waals surface area contributed by atoms with E-state index in [9.17, 15) is 9.90 Å². The molecule has 4 nitrogen and oxygen atoms in total. The molecular weight excluding hydrogens is 208 g/mol. The maximum atomic E-state index is 11.8. The second-order valence-corrected chi connectivity index (χ2v) is 6.02. The fraction of sp³-hybridized carbons (Fsp3) is 0.917. The first kappa shape index (κ1) is 13.5. The van der Waals surface area contributed by atoms with Gasteiger partial charge in [-0.25, -0.2) is 0 Å². The highest BCUT2D eigenvalue weighted by Gasteiger charge is 2.53. The Balaban J connectivity index is 2.79. The Morgan fingerprint density at radius 2 is 1.94 bits per heavy atom. The van der Waals surface area contributed by atoms with E-state index in [1.165, 1.54) is 0 Å². The molecule has 1 N–H and O–H groups in total. The van der Waals surface area contributed by atoms with E-state index >= 15 is 0 Å². The lowest BCUT2D eigenvalue weighted by Crippen LogP contribution is -2.45. The van der Waals surface area contributed by atoms with Crippen LogP contribution in [0.1, 0.15) is 41.5 Å². The van der Waals surface area contributed by atoms with Gasteiger partial charge in [-0.3, -0.25) is 4.79 Å². The van der Waals surface area contributed by atoms with E-state index in [1.807, 2.05) is 6.92 Å². The SMILES string of the molecule is CC1C(C)(O)OCC1(C)OC(=O)C(C)(C)C. The van der Waals surface area contributed by atoms with Crippen LogP contribution in [0.3, 0.4) is 0 Å². The summed E-state index contributed by atoms with van der Waals surface area (Å²) in [6.07, 6.45) is 0. The Hall–Kier alpha value is -0.610. The van der Waals surface area contributed by atoms with Gasteiger partial charge >= 0.3 is 5.97 Å². The number of hydrogen-bond acceptors (Lipinski definition) is 4. The van der Waals surface area contributed by atoms with E-state index in [-0.39, 0.29) is 18.5 Å². The Labute approximate surface area is 96.9 Å². The second kappa shape index (κ2) is 3.70. The van der Waals surface area contributed by atoms with Gasteiger partial charge in [-0.05, 0) is 34.6 Å². The van der Waals surface area contributed by atoms with E-state index in [1.54, 1.807) is 34.6 Å². The second-order valence-electron chi connectivity index (χ2n) is 6.02. The van der Waals surface area contributed by atoms with Crippen LogP contribution in [0.15, 0.2) is 0 Å². The number of ether oxygens (including phenoxy) is 2. The molecule has 0 aromatic carbocycles. The lowest BCUT2D eigenvalue weighted by molar-refractivity contribution is -0.182. The summed E-state index contributed by atoms with van der Waals surface area (Å²) in [5.41, 5.74) is -1.30. The largest absolute Gasteiger partial charge is 0.456 e. The predicted octanol–water partition coefficient (Wildman–Crippen LogP) is 1.71. The van der Waals surface area contributed by atoms with Gasteiger partial charge in [0.1, 0.15) is 5.60 Å². The molecule has 1 aliphatic heterocycles. The summed E-state index contributed by atoms with van der Waals surface area (Å²) in [6, 6.07) is 0. The summed E-state index contributed by atoms with van der Waals surface area (Å²) >= 11 is 0. The summed E-state index contributed by atoms with van der Waals surface area (Å²) in [7, 11) is 0. The molecule has 0 amide bonds. The van der Waals surface area contributed by atoms with Gasteiger partial charge in [0.2, 0.25) is 0 Å². The van der Waals surface area contributed by atoms with Crippen LogP contribution in [0.5, 0.6) is 0 Å². The van der Waals surface area contributed by atoms with Gasteiger partial charge in [-0.2, -0.15) is 0 Å². The van der Waals surface area contributed by atoms with Gasteiger partial charge in [-0.15, -0.1) is 0 Å². The zero-order valence-corrected chi connectivity index (χ0v) is 11.0. The quantitative estimate of drug-likeness (QED) is 0.697. The molecule has 1 aliphatic rings. The van der Waals surface area contributed by atoms with Crippen LogP contribution in [0, 0.1) is 11.3 Å². The Morgan fingerprint density at radius 1 is 1.44 bits per heavy atom. The predicted molar refractivity (Wildman–Crippen MR) is 59.7 cm³/mol. The molecule has 1 rings (SSSR count). The van der Waals surface area contributed by atoms with Gasteiger partial charge in [0.25, 0.3) is 0 Å². The standard InChI is InChI=1S/C12H22O4/c1-8-11(5,7-15-12(8,6)14)16-9(13)10(2,3)4/h8,14H,7H2,1-6H3. The number of carbonyl (C=O) groups excluding carboxylic acids is 1. The number of hydrogen-bond donors (Lipinski definition) is 1. The van der Waals surface area contributed by atoms with E-state index in [2.05, 4.69) is 0 Å². The molecule has 1 fully saturated rings. The maximum absolute atomic E-state index is 11.8. The van der Waals surface area contributed by atoms with Gasteiger partial charge in [-0.1, -0.05) is 6.92 Å². The van der Waals surface area contributed by atoms with Gasteiger partial charge in [0, 0.05) is 0 Å². The summed E-state index contributed by atoms with van der Waals surface area (Å²) in [5, 5.41) is 9.90. The van der Waals surface area contributed by atoms with Crippen molar-refractivity contribution in [1.29, 1.82) is 0 Å². The van der Waals surface area contributed by atoms with Crippen LogP contribution in [0.2, 0.25) is 0 Å². The molecule has 0 aromatic heterocycles. The fourth-order valence-electron chi connectivity index (χ4n) is 1.59. The van der Waals surface area contributed by atoms with Gasteiger partial charge in [0.05, 0.1) is 17.9 Å². The minimum atomic E-state index is -1.23. The smallest absolute Gasteiger partial charge is 0.311 e. The molecule has 1 saturated heterocycles. The summed E-state index contributed by atoms with van der Waals surface area (Å²) in [5.74, 6) is -1.76. The third kappa shape index (κ3) is 2.38. The number of aliphatic hydroxyl groups is 1. The first-order valence-corrected chi connectivity index (χ1v) is 5.59. The van der Waals surface area contributed by atoms with Crippen molar-refractivity contribution in [3.8, 4) is 0 Å². The van der Waals surface area contributed by atoms with E-state index in [0.717, 1.165) is 0 Å². The van der Waals surface area contributed by atoms with Crippen molar-refractivity contribution < 1.29 is 19.4 Å². The van der Waals surface area contributed by atoms with Crippen LogP contribution >= 0.6 is 0 Å². The molecule has 1 heterocycles. The van der Waals surface area contributed by atoms with Crippen LogP contribution in [0.25, 0.3) is 0 Å². The molecule has 0 saturated carbocycles. The van der Waals surface area contributed by atoms with Gasteiger partial charge in [0.15, 0.2) is 5.79 Å². The summed E-state index contributed by atoms with van der Waals surface area (Å²) < 4.78 is 10.7. The van der Waals surface area contributed by atoms with Crippen LogP contribution in [-0.2, 0) is 14.3 Å². The third-order valence-corrected chi connectivity index (χ3v) is 3.31. The van der Waals surface area contributed by atoms with Crippen molar-refractivity contribution in [2.24, 2.45) is 11.3 Å². The average Bonchev–Trinajstić information content (AvgIpc) is 2.29. The van der Waals surface area contributed by atoms with Crippen molar-refractivity contribution in [2.75, 3.05) is 6.61 Å². The highest BCUT2D eigenvalue weighted by Crippen LogP contribution is 2.40. The van der Waals surface area contributed by atoms with Crippen molar-refractivity contribution in [1.82, 2.24) is 0 Å². The molecule has 4 heteroatoms. The monoisotopic (exact) mass is 230 g/mol. The highest BCUT2D eigenvalue weighted by atomic mass is 16.7. The first-order valence-electron chi connectivity index (χ1n) is 5.59. The topological polar surface area (TPSA) is 55.8 Å². The highest BCUT2D eigenvalue weighted by molar-refractivity contribution is 5.75. The lowest BCUT2D eigenvalue weighted by Gasteiger charge is -2.33. The normalized spacial score (nSPS) is 39.8. The molecule has 16 heavy (non-hydrogen) atoms. The van der Waals surface area contributed by atoms with Crippen molar-refractivity contribution >= 4 is 5.97 Å². The molecule has 0 aliphatic carbocycles. The number of carbonyl (C=O) groups is 1. The van der Waals surface area contributed by atoms with Crippen LogP contribution in [-0.4, -0.2) is 29.1 Å². The van der Waals surface area contributed by atoms with Gasteiger partial charge < -0.3 is 14.6 Å². The molecular formula is C12H22O4. The zero-order valence-electron chi connectivity index (χ0n) is 11.0. The van der Waals surface area contributed by atoms with E-state index < -0.39 is 16.8 Å². The number of rotatable bonds is 1. The molecule has 3 atom stereocenters. The maximum Gasteiger partial charge on any atom is 0.311 e. The lowest BCUT2D eigenvalue weighted by atomic mass is 9.87. The van der Waals surface area contributed by atoms with Crippen LogP contribution in [0.4, 0.5) is 0 Å². The fourth-order valence-corrected chi connectivity index (χ4v) is 1.59. The average molecular weight is 230 g/mol. The Kier molecular flexibility index (Phi) is 3.12. The Morgan fingerprint density at radius 3 is 2.25 bits per heavy atom. The molecule has 0 radical (unpaired) electrons. The van der Waals surface area contributed by atoms with E-state index in [0.29, 0.717) is 0 Å². The zero-order chi connectivity index (χ0) is 12.8. The van der Waals surface area contributed by atoms with Crippen LogP contribution < -0.4 is 0 Å². The minimum Gasteiger partial charge on any atom is -0.456 e. The van der Waals surface area contributed by atoms with Crippen molar-refractivity contribution in [2.45, 2.75) is 52.9 Å². The molecule has 3 unspecified atom stereocenters. The molecule has 0 aromatic rings. The summed E-state index contributed by atoms with van der Waals surface area (Å²) in [4.78, 5) is 11.8. The summed E-state index contributed by atoms with van der Waals surface area (Å²) in [6.45, 7) is 10.8. The number of esters is 1. The Bertz CT molecular complexity index is 290. The molecule has 94 valence electrons. The minimum absolute atomic E-state index is 0.225.